The Morgan fingerprint density at radius 2 is 1.95 bits per heavy atom. The molecule has 6 aliphatic rings. The summed E-state index contributed by atoms with van der Waals surface area (Å²) in [7, 11) is -3.37. The lowest BCUT2D eigenvalue weighted by Gasteiger charge is -2.61. The molecule has 7 nitrogen and oxygen atoms in total. The number of aliphatic hydroxyl groups is 1. The highest BCUT2D eigenvalue weighted by Crippen LogP contribution is 2.62. The van der Waals surface area contributed by atoms with E-state index in [9.17, 15) is 17.9 Å². The van der Waals surface area contributed by atoms with Crippen molar-refractivity contribution in [3.63, 3.8) is 0 Å². The van der Waals surface area contributed by atoms with Gasteiger partial charge in [0.15, 0.2) is 0 Å². The van der Waals surface area contributed by atoms with Gasteiger partial charge in [0.25, 0.3) is 0 Å². The molecule has 0 spiro atoms. The maximum Gasteiger partial charge on any atom is 0.212 e. The van der Waals surface area contributed by atoms with Gasteiger partial charge in [-0.15, -0.1) is 0 Å². The van der Waals surface area contributed by atoms with Gasteiger partial charge >= 0.3 is 0 Å². The molecule has 4 unspecified atom stereocenters. The Balaban J connectivity index is 1.09. The molecule has 4 bridgehead atoms. The summed E-state index contributed by atoms with van der Waals surface area (Å²) >= 11 is 0. The Bertz CT molecular complexity index is 1270. The third-order valence-electron chi connectivity index (χ3n) is 10.2. The number of rotatable bonds is 7. The number of hydrogen-bond acceptors (Lipinski definition) is 5. The van der Waals surface area contributed by atoms with E-state index in [2.05, 4.69) is 9.71 Å². The van der Waals surface area contributed by atoms with Crippen molar-refractivity contribution < 1.29 is 22.7 Å². The first-order valence-corrected chi connectivity index (χ1v) is 15.5. The largest absolute Gasteiger partial charge is 0.392 e. The zero-order valence-corrected chi connectivity index (χ0v) is 21.9. The molecule has 9 heteroatoms. The van der Waals surface area contributed by atoms with E-state index in [1.807, 2.05) is 10.6 Å². The molecule has 0 radical (unpaired) electrons. The van der Waals surface area contributed by atoms with Crippen LogP contribution in [0.15, 0.2) is 30.7 Å². The number of halogens is 1. The molecule has 1 saturated heterocycles. The topological polar surface area (TPSA) is 93.5 Å². The van der Waals surface area contributed by atoms with Gasteiger partial charge in [-0.05, 0) is 86.5 Å². The van der Waals surface area contributed by atoms with E-state index in [-0.39, 0.29) is 46.8 Å². The van der Waals surface area contributed by atoms with Crippen LogP contribution in [0, 0.1) is 34.9 Å². The van der Waals surface area contributed by atoms with E-state index in [4.69, 9.17) is 4.74 Å². The highest BCUT2D eigenvalue weighted by Gasteiger charge is 2.58. The fraction of sp³-hybridized carbons (Fsp3) is 0.679. The smallest absolute Gasteiger partial charge is 0.212 e. The number of imidazole rings is 1. The van der Waals surface area contributed by atoms with Crippen LogP contribution >= 0.6 is 0 Å². The number of nitrogens with one attached hydrogen (secondary N) is 1. The van der Waals surface area contributed by atoms with Gasteiger partial charge in [0.1, 0.15) is 5.82 Å². The van der Waals surface area contributed by atoms with Gasteiger partial charge in [-0.3, -0.25) is 0 Å². The quantitative estimate of drug-likeness (QED) is 0.568. The first kappa shape index (κ1) is 24.2. The fourth-order valence-corrected chi connectivity index (χ4v) is 10.7. The number of benzene rings is 1. The third kappa shape index (κ3) is 4.08. The lowest BCUT2D eigenvalue weighted by atomic mass is 9.46. The van der Waals surface area contributed by atoms with Crippen molar-refractivity contribution in [2.24, 2.45) is 29.1 Å². The molecular weight excluding hydrogens is 493 g/mol. The Morgan fingerprint density at radius 3 is 2.70 bits per heavy atom. The number of aliphatic hydroxyl groups excluding tert-OH is 1. The third-order valence-corrected chi connectivity index (χ3v) is 11.8. The van der Waals surface area contributed by atoms with Gasteiger partial charge < -0.3 is 14.4 Å². The number of ether oxygens (including phenoxy) is 1. The summed E-state index contributed by atoms with van der Waals surface area (Å²) in [6.07, 6.45) is 9.70. The Kier molecular flexibility index (Phi) is 5.81. The monoisotopic (exact) mass is 529 g/mol. The minimum Gasteiger partial charge on any atom is -0.392 e. The van der Waals surface area contributed by atoms with E-state index in [0.29, 0.717) is 31.1 Å². The summed E-state index contributed by atoms with van der Waals surface area (Å²) in [6, 6.07) is 4.85. The van der Waals surface area contributed by atoms with E-state index in [1.165, 1.54) is 6.07 Å². The molecule has 5 fully saturated rings. The van der Waals surface area contributed by atoms with Gasteiger partial charge in [-0.1, -0.05) is 12.1 Å². The summed E-state index contributed by atoms with van der Waals surface area (Å²) in [5, 5.41) is 11.8. The zero-order valence-electron chi connectivity index (χ0n) is 21.1. The Morgan fingerprint density at radius 1 is 1.19 bits per heavy atom. The number of nitrogens with zero attached hydrogens (tertiary/aromatic N) is 2. The van der Waals surface area contributed by atoms with E-state index < -0.39 is 16.1 Å². The lowest BCUT2D eigenvalue weighted by molar-refractivity contribution is -0.134. The van der Waals surface area contributed by atoms with Crippen LogP contribution in [0.5, 0.6) is 0 Å². The predicted molar refractivity (Wildman–Crippen MR) is 137 cm³/mol. The average molecular weight is 530 g/mol. The first-order chi connectivity index (χ1) is 17.8. The van der Waals surface area contributed by atoms with Crippen molar-refractivity contribution in [3.05, 3.63) is 42.1 Å². The Labute approximate surface area is 217 Å². The second-order valence-electron chi connectivity index (χ2n) is 12.5. The highest BCUT2D eigenvalue weighted by molar-refractivity contribution is 7.89. The minimum absolute atomic E-state index is 0.0355. The van der Waals surface area contributed by atoms with Crippen molar-refractivity contribution in [2.45, 2.75) is 69.6 Å². The van der Waals surface area contributed by atoms with Gasteiger partial charge in [-0.25, -0.2) is 22.5 Å². The van der Waals surface area contributed by atoms with E-state index in [1.54, 1.807) is 18.6 Å². The molecule has 1 aromatic heterocycles. The molecule has 4 aliphatic carbocycles. The first-order valence-electron chi connectivity index (χ1n) is 13.9. The zero-order chi connectivity index (χ0) is 25.4. The molecule has 3 heterocycles. The lowest BCUT2D eigenvalue weighted by Crippen LogP contribution is -2.62. The molecule has 0 amide bonds. The number of fused-ring (bicyclic) bond motifs is 3. The molecular formula is C28H36FN3O4S. The molecule has 37 heavy (non-hydrogen) atoms. The predicted octanol–water partition coefficient (Wildman–Crippen LogP) is 3.88. The number of sulfonamides is 1. The summed E-state index contributed by atoms with van der Waals surface area (Å²) in [6.45, 7) is 1.29. The number of aromatic nitrogens is 2. The molecule has 2 aromatic rings. The van der Waals surface area contributed by atoms with Crippen LogP contribution in [0.25, 0.3) is 11.3 Å². The minimum atomic E-state index is -3.37. The van der Waals surface area contributed by atoms with Gasteiger partial charge in [0.2, 0.25) is 10.0 Å². The van der Waals surface area contributed by atoms with E-state index in [0.717, 1.165) is 56.2 Å². The van der Waals surface area contributed by atoms with Crippen molar-refractivity contribution >= 4 is 10.0 Å². The number of hydrogen-bond donors (Lipinski definition) is 2. The SMILES string of the molecule is O=S(=O)(CC1CCOCC1)NC1C2CC3CC1CC(C(O)CC1c4c(F)cccc4-c4cncn41)(C3)C2. The Hall–Kier alpha value is -1.81. The summed E-state index contributed by atoms with van der Waals surface area (Å²) in [5.41, 5.74) is 2.19. The molecule has 4 saturated carbocycles. The van der Waals surface area contributed by atoms with Gasteiger partial charge in [0.05, 0.1) is 36.1 Å². The molecule has 4 atom stereocenters. The normalized spacial score (nSPS) is 35.5. The second kappa shape index (κ2) is 8.86. The highest BCUT2D eigenvalue weighted by atomic mass is 32.2. The van der Waals surface area contributed by atoms with Gasteiger partial charge in [0, 0.05) is 30.4 Å². The summed E-state index contributed by atoms with van der Waals surface area (Å²) in [5.74, 6) is 1.15. The van der Waals surface area contributed by atoms with Crippen LogP contribution in [0.4, 0.5) is 4.39 Å². The average Bonchev–Trinajstić information content (AvgIpc) is 3.44. The van der Waals surface area contributed by atoms with Crippen LogP contribution in [0.1, 0.15) is 63.0 Å². The molecule has 200 valence electrons. The molecule has 2 N–H and O–H groups in total. The maximum absolute atomic E-state index is 15.0. The van der Waals surface area contributed by atoms with E-state index >= 15 is 0 Å². The molecule has 1 aromatic carbocycles. The van der Waals surface area contributed by atoms with Crippen molar-refractivity contribution in [1.82, 2.24) is 14.3 Å². The maximum atomic E-state index is 15.0. The fourth-order valence-electron chi connectivity index (χ4n) is 8.86. The van der Waals surface area contributed by atoms with Gasteiger partial charge in [-0.2, -0.15) is 0 Å². The summed E-state index contributed by atoms with van der Waals surface area (Å²) in [4.78, 5) is 4.29. The van der Waals surface area contributed by atoms with Crippen LogP contribution in [0.3, 0.4) is 0 Å². The van der Waals surface area contributed by atoms with Crippen molar-refractivity contribution in [2.75, 3.05) is 19.0 Å². The van der Waals surface area contributed by atoms with Crippen LogP contribution < -0.4 is 4.72 Å². The summed E-state index contributed by atoms with van der Waals surface area (Å²) < 4.78 is 51.8. The van der Waals surface area contributed by atoms with Crippen LogP contribution in [0.2, 0.25) is 0 Å². The molecule has 2 aliphatic heterocycles. The van der Waals surface area contributed by atoms with Crippen molar-refractivity contribution in [3.8, 4) is 11.3 Å². The van der Waals surface area contributed by atoms with Crippen molar-refractivity contribution in [1.29, 1.82) is 0 Å². The molecule has 8 rings (SSSR count). The standard InChI is InChI=1S/C28H36FN3O4S/c29-22-3-1-2-21-24-14-30-16-32(24)23(26(21)22)10-25(33)28-11-18-8-19(12-28)27(20(9-18)13-28)31-37(34,35)15-17-4-6-36-7-5-17/h1-3,14,16-20,23,25,27,31,33H,4-13,15H2. The second-order valence-corrected chi connectivity index (χ2v) is 14.3. The van der Waals surface area contributed by atoms with Crippen LogP contribution in [-0.2, 0) is 14.8 Å². The van der Waals surface area contributed by atoms with Crippen LogP contribution in [-0.4, -0.2) is 54.2 Å².